The Bertz CT molecular complexity index is 412. The van der Waals surface area contributed by atoms with E-state index in [2.05, 4.69) is 37.7 Å². The summed E-state index contributed by atoms with van der Waals surface area (Å²) in [7, 11) is 0. The van der Waals surface area contributed by atoms with Gasteiger partial charge in [-0.05, 0) is 19.8 Å². The van der Waals surface area contributed by atoms with Crippen molar-refractivity contribution in [2.75, 3.05) is 5.73 Å². The van der Waals surface area contributed by atoms with E-state index in [0.717, 1.165) is 24.4 Å². The third-order valence-electron chi connectivity index (χ3n) is 3.05. The quantitative estimate of drug-likeness (QED) is 0.812. The second kappa shape index (κ2) is 4.26. The molecule has 94 valence electrons. The molecule has 0 bridgehead atoms. The summed E-state index contributed by atoms with van der Waals surface area (Å²) >= 11 is 0. The van der Waals surface area contributed by atoms with Crippen LogP contribution in [0.5, 0.6) is 0 Å². The lowest BCUT2D eigenvalue weighted by atomic mass is 9.92. The number of hydrogen-bond acceptors (Lipinski definition) is 4. The highest BCUT2D eigenvalue weighted by Gasteiger charge is 2.27. The maximum absolute atomic E-state index is 5.85. The van der Waals surface area contributed by atoms with E-state index in [1.54, 1.807) is 0 Å². The molecule has 1 fully saturated rings. The van der Waals surface area contributed by atoms with Crippen LogP contribution in [0.2, 0.25) is 0 Å². The molecule has 0 aliphatic carbocycles. The van der Waals surface area contributed by atoms with Gasteiger partial charge in [-0.25, -0.2) is 9.97 Å². The Morgan fingerprint density at radius 1 is 1.29 bits per heavy atom. The van der Waals surface area contributed by atoms with E-state index in [1.165, 1.54) is 0 Å². The van der Waals surface area contributed by atoms with E-state index in [-0.39, 0.29) is 11.5 Å². The summed E-state index contributed by atoms with van der Waals surface area (Å²) in [6, 6.07) is 1.85. The molecule has 4 nitrogen and oxygen atoms in total. The van der Waals surface area contributed by atoms with Crippen molar-refractivity contribution >= 4 is 5.82 Å². The van der Waals surface area contributed by atoms with Crippen LogP contribution in [0.3, 0.4) is 0 Å². The second-order valence-electron chi connectivity index (χ2n) is 5.80. The zero-order valence-corrected chi connectivity index (χ0v) is 11.0. The first-order valence-electron chi connectivity index (χ1n) is 6.16. The monoisotopic (exact) mass is 235 g/mol. The van der Waals surface area contributed by atoms with Crippen LogP contribution < -0.4 is 5.73 Å². The lowest BCUT2D eigenvalue weighted by Crippen LogP contribution is -2.18. The highest BCUT2D eigenvalue weighted by Crippen LogP contribution is 2.32. The van der Waals surface area contributed by atoms with Gasteiger partial charge in [-0.2, -0.15) is 0 Å². The molecule has 1 aliphatic rings. The fourth-order valence-electron chi connectivity index (χ4n) is 2.01. The molecule has 0 saturated carbocycles. The van der Waals surface area contributed by atoms with E-state index in [4.69, 9.17) is 10.5 Å². The Morgan fingerprint density at radius 3 is 2.53 bits per heavy atom. The van der Waals surface area contributed by atoms with Gasteiger partial charge in [0.25, 0.3) is 0 Å². The maximum Gasteiger partial charge on any atom is 0.159 e. The molecular formula is C13H21N3O. The lowest BCUT2D eigenvalue weighted by Gasteiger charge is -2.20. The van der Waals surface area contributed by atoms with Gasteiger partial charge in [0.15, 0.2) is 5.82 Å². The standard InChI is InChI=1S/C13H21N3O/c1-8-5-6-9(17-8)12-15-10(13(2,3)4)7-11(14)16-12/h7-9H,5-6H2,1-4H3,(H2,14,15,16). The number of nitrogens with zero attached hydrogens (tertiary/aromatic N) is 2. The molecule has 0 amide bonds. The van der Waals surface area contributed by atoms with Crippen molar-refractivity contribution < 1.29 is 4.74 Å². The molecule has 1 aromatic heterocycles. The molecule has 2 N–H and O–H groups in total. The Hall–Kier alpha value is -1.16. The average molecular weight is 235 g/mol. The van der Waals surface area contributed by atoms with Gasteiger partial charge in [0.2, 0.25) is 0 Å². The van der Waals surface area contributed by atoms with E-state index in [0.29, 0.717) is 11.9 Å². The van der Waals surface area contributed by atoms with Crippen molar-refractivity contribution in [2.45, 2.75) is 58.2 Å². The molecule has 17 heavy (non-hydrogen) atoms. The van der Waals surface area contributed by atoms with Gasteiger partial charge in [-0.15, -0.1) is 0 Å². The number of anilines is 1. The summed E-state index contributed by atoms with van der Waals surface area (Å²) in [5, 5.41) is 0. The van der Waals surface area contributed by atoms with E-state index >= 15 is 0 Å². The zero-order valence-electron chi connectivity index (χ0n) is 11.0. The third kappa shape index (κ3) is 2.75. The molecular weight excluding hydrogens is 214 g/mol. The van der Waals surface area contributed by atoms with Gasteiger partial charge in [0.1, 0.15) is 11.9 Å². The predicted molar refractivity (Wildman–Crippen MR) is 67.7 cm³/mol. The Labute approximate surface area is 103 Å². The minimum absolute atomic E-state index is 0.00889. The molecule has 4 heteroatoms. The molecule has 0 spiro atoms. The van der Waals surface area contributed by atoms with Crippen molar-refractivity contribution in [3.8, 4) is 0 Å². The average Bonchev–Trinajstić information content (AvgIpc) is 2.62. The SMILES string of the molecule is CC1CCC(c2nc(N)cc(C(C)(C)C)n2)O1. The first kappa shape index (κ1) is 12.3. The molecule has 1 aliphatic heterocycles. The van der Waals surface area contributed by atoms with Crippen LogP contribution >= 0.6 is 0 Å². The van der Waals surface area contributed by atoms with Crippen LogP contribution in [-0.2, 0) is 10.2 Å². The van der Waals surface area contributed by atoms with Crippen LogP contribution in [0.4, 0.5) is 5.82 Å². The molecule has 0 aromatic carbocycles. The first-order valence-corrected chi connectivity index (χ1v) is 6.16. The maximum atomic E-state index is 5.85. The summed E-state index contributed by atoms with van der Waals surface area (Å²) in [6.07, 6.45) is 2.35. The minimum atomic E-state index is -0.0178. The van der Waals surface area contributed by atoms with E-state index in [1.807, 2.05) is 6.07 Å². The molecule has 2 atom stereocenters. The largest absolute Gasteiger partial charge is 0.384 e. The summed E-state index contributed by atoms with van der Waals surface area (Å²) in [4.78, 5) is 8.91. The van der Waals surface area contributed by atoms with Crippen molar-refractivity contribution in [1.29, 1.82) is 0 Å². The molecule has 1 saturated heterocycles. The normalized spacial score (nSPS) is 25.2. The van der Waals surface area contributed by atoms with Gasteiger partial charge >= 0.3 is 0 Å². The Morgan fingerprint density at radius 2 is 2.00 bits per heavy atom. The highest BCUT2D eigenvalue weighted by molar-refractivity contribution is 5.33. The molecule has 2 heterocycles. The molecule has 2 unspecified atom stereocenters. The second-order valence-corrected chi connectivity index (χ2v) is 5.80. The van der Waals surface area contributed by atoms with Crippen LogP contribution in [0.15, 0.2) is 6.07 Å². The van der Waals surface area contributed by atoms with Crippen LogP contribution in [-0.4, -0.2) is 16.1 Å². The lowest BCUT2D eigenvalue weighted by molar-refractivity contribution is 0.0501. The van der Waals surface area contributed by atoms with Crippen molar-refractivity contribution in [3.05, 3.63) is 17.6 Å². The number of aromatic nitrogens is 2. The zero-order chi connectivity index (χ0) is 12.6. The fourth-order valence-corrected chi connectivity index (χ4v) is 2.01. The Kier molecular flexibility index (Phi) is 3.08. The number of ether oxygens (including phenoxy) is 1. The van der Waals surface area contributed by atoms with Gasteiger partial charge in [0.05, 0.1) is 11.8 Å². The highest BCUT2D eigenvalue weighted by atomic mass is 16.5. The summed E-state index contributed by atoms with van der Waals surface area (Å²) < 4.78 is 5.79. The van der Waals surface area contributed by atoms with E-state index < -0.39 is 0 Å². The van der Waals surface area contributed by atoms with Gasteiger partial charge in [-0.1, -0.05) is 20.8 Å². The van der Waals surface area contributed by atoms with E-state index in [9.17, 15) is 0 Å². The number of rotatable bonds is 1. The minimum Gasteiger partial charge on any atom is -0.384 e. The van der Waals surface area contributed by atoms with Crippen LogP contribution in [0, 0.1) is 0 Å². The third-order valence-corrected chi connectivity index (χ3v) is 3.05. The summed E-state index contributed by atoms with van der Waals surface area (Å²) in [5.41, 5.74) is 6.81. The van der Waals surface area contributed by atoms with Crippen LogP contribution in [0.25, 0.3) is 0 Å². The Balaban J connectivity index is 2.32. The fraction of sp³-hybridized carbons (Fsp3) is 0.692. The first-order chi connectivity index (χ1) is 7.86. The van der Waals surface area contributed by atoms with Gasteiger partial charge in [0, 0.05) is 11.5 Å². The van der Waals surface area contributed by atoms with Gasteiger partial charge < -0.3 is 10.5 Å². The summed E-state index contributed by atoms with van der Waals surface area (Å²) in [6.45, 7) is 8.45. The van der Waals surface area contributed by atoms with Gasteiger partial charge in [-0.3, -0.25) is 0 Å². The summed E-state index contributed by atoms with van der Waals surface area (Å²) in [5.74, 6) is 1.27. The van der Waals surface area contributed by atoms with Crippen molar-refractivity contribution in [3.63, 3.8) is 0 Å². The number of nitrogens with two attached hydrogens (primary N) is 1. The van der Waals surface area contributed by atoms with Crippen molar-refractivity contribution in [2.24, 2.45) is 0 Å². The number of hydrogen-bond donors (Lipinski definition) is 1. The van der Waals surface area contributed by atoms with Crippen LogP contribution in [0.1, 0.15) is 58.2 Å². The topological polar surface area (TPSA) is 61.0 Å². The molecule has 0 radical (unpaired) electrons. The molecule has 1 aromatic rings. The van der Waals surface area contributed by atoms with Crippen molar-refractivity contribution in [1.82, 2.24) is 9.97 Å². The smallest absolute Gasteiger partial charge is 0.159 e. The molecule has 2 rings (SSSR count). The predicted octanol–water partition coefficient (Wildman–Crippen LogP) is 2.60. The number of nitrogen functional groups attached to an aromatic ring is 1.